The number of hydrogen-bond donors (Lipinski definition) is 1. The average Bonchev–Trinajstić information content (AvgIpc) is 2.93. The monoisotopic (exact) mass is 360 g/mol. The van der Waals surface area contributed by atoms with Gasteiger partial charge in [-0.3, -0.25) is 9.59 Å². The molecule has 2 heterocycles. The van der Waals surface area contributed by atoms with Crippen molar-refractivity contribution < 1.29 is 22.8 Å². The van der Waals surface area contributed by atoms with Gasteiger partial charge in [0.1, 0.15) is 5.54 Å². The lowest BCUT2D eigenvalue weighted by molar-refractivity contribution is -0.137. The smallest absolute Gasteiger partial charge is 0.354 e. The van der Waals surface area contributed by atoms with E-state index in [0.29, 0.717) is 32.4 Å². The van der Waals surface area contributed by atoms with Crippen molar-refractivity contribution in [2.45, 2.75) is 37.4 Å². The van der Waals surface area contributed by atoms with Crippen molar-refractivity contribution in [2.24, 2.45) is 0 Å². The summed E-state index contributed by atoms with van der Waals surface area (Å²) in [5.41, 5.74) is -2.12. The first kappa shape index (κ1) is 17.1. The third-order valence-electron chi connectivity index (χ3n) is 4.73. The highest BCUT2D eigenvalue weighted by atomic mass is 35.5. The molecule has 1 atom stereocenters. The van der Waals surface area contributed by atoms with E-state index >= 15 is 0 Å². The zero-order valence-electron chi connectivity index (χ0n) is 12.8. The number of benzene rings is 1. The minimum atomic E-state index is -4.56. The van der Waals surface area contributed by atoms with E-state index in [2.05, 4.69) is 5.32 Å². The summed E-state index contributed by atoms with van der Waals surface area (Å²) in [5.74, 6) is -0.858. The van der Waals surface area contributed by atoms with Crippen LogP contribution in [-0.4, -0.2) is 35.3 Å². The van der Waals surface area contributed by atoms with Gasteiger partial charge in [0.25, 0.3) is 5.91 Å². The van der Waals surface area contributed by atoms with Crippen molar-refractivity contribution in [3.05, 3.63) is 34.3 Å². The summed E-state index contributed by atoms with van der Waals surface area (Å²) in [6, 6.07) is 2.67. The Hall–Kier alpha value is -1.76. The van der Waals surface area contributed by atoms with Crippen molar-refractivity contribution in [2.75, 3.05) is 13.1 Å². The van der Waals surface area contributed by atoms with E-state index in [-0.39, 0.29) is 16.5 Å². The Morgan fingerprint density at radius 1 is 1.25 bits per heavy atom. The molecule has 2 amide bonds. The van der Waals surface area contributed by atoms with Crippen molar-refractivity contribution in [3.63, 3.8) is 0 Å². The molecule has 130 valence electrons. The number of rotatable bonds is 1. The summed E-state index contributed by atoms with van der Waals surface area (Å²) >= 11 is 5.97. The number of hydrogen-bond acceptors (Lipinski definition) is 2. The van der Waals surface area contributed by atoms with Gasteiger partial charge in [-0.15, -0.1) is 0 Å². The standard InChI is InChI=1S/C16H16ClF3N2O2/c17-12-4-3-10(16(18,19)20)9-11(12)13(23)22-8-2-6-15(22)5-1-7-21-14(15)24/h3-4,9H,1-2,5-8H2,(H,21,24). The van der Waals surface area contributed by atoms with Crippen LogP contribution in [0, 0.1) is 0 Å². The van der Waals surface area contributed by atoms with Crippen LogP contribution in [0.15, 0.2) is 18.2 Å². The van der Waals surface area contributed by atoms with Crippen LogP contribution in [0.4, 0.5) is 13.2 Å². The minimum absolute atomic E-state index is 0.0498. The van der Waals surface area contributed by atoms with Crippen LogP contribution < -0.4 is 5.32 Å². The van der Waals surface area contributed by atoms with E-state index in [0.717, 1.165) is 24.6 Å². The molecule has 2 fully saturated rings. The van der Waals surface area contributed by atoms with Gasteiger partial charge in [0.2, 0.25) is 5.91 Å². The Kier molecular flexibility index (Phi) is 4.23. The van der Waals surface area contributed by atoms with E-state index in [1.54, 1.807) is 0 Å². The molecule has 1 spiro atoms. The Balaban J connectivity index is 1.98. The lowest BCUT2D eigenvalue weighted by atomic mass is 9.86. The topological polar surface area (TPSA) is 49.4 Å². The van der Waals surface area contributed by atoms with Gasteiger partial charge in [-0.25, -0.2) is 0 Å². The van der Waals surface area contributed by atoms with Crippen LogP contribution in [-0.2, 0) is 11.0 Å². The fourth-order valence-corrected chi connectivity index (χ4v) is 3.74. The molecule has 2 saturated heterocycles. The number of likely N-dealkylation sites (tertiary alicyclic amines) is 1. The highest BCUT2D eigenvalue weighted by molar-refractivity contribution is 6.34. The highest BCUT2D eigenvalue weighted by Crippen LogP contribution is 2.38. The maximum Gasteiger partial charge on any atom is 0.416 e. The van der Waals surface area contributed by atoms with Crippen LogP contribution in [0.25, 0.3) is 0 Å². The molecule has 1 aromatic rings. The number of carbonyl (C=O) groups excluding carboxylic acids is 2. The molecule has 2 aliphatic rings. The molecule has 0 aromatic heterocycles. The lowest BCUT2D eigenvalue weighted by Gasteiger charge is -2.40. The van der Waals surface area contributed by atoms with Gasteiger partial charge < -0.3 is 10.2 Å². The van der Waals surface area contributed by atoms with Gasteiger partial charge >= 0.3 is 6.18 Å². The molecule has 3 rings (SSSR count). The molecule has 1 unspecified atom stereocenters. The van der Waals surface area contributed by atoms with Gasteiger partial charge in [0, 0.05) is 13.1 Å². The van der Waals surface area contributed by atoms with Gasteiger partial charge in [-0.2, -0.15) is 13.2 Å². The summed E-state index contributed by atoms with van der Waals surface area (Å²) in [5, 5.41) is 2.71. The van der Waals surface area contributed by atoms with Crippen molar-refractivity contribution in [3.8, 4) is 0 Å². The fraction of sp³-hybridized carbons (Fsp3) is 0.500. The molecule has 0 saturated carbocycles. The fourth-order valence-electron chi connectivity index (χ4n) is 3.54. The molecule has 24 heavy (non-hydrogen) atoms. The van der Waals surface area contributed by atoms with Gasteiger partial charge in [-0.1, -0.05) is 11.6 Å². The molecule has 8 heteroatoms. The Morgan fingerprint density at radius 2 is 1.96 bits per heavy atom. The van der Waals surface area contributed by atoms with Crippen LogP contribution in [0.2, 0.25) is 5.02 Å². The highest BCUT2D eigenvalue weighted by Gasteiger charge is 2.50. The number of piperidine rings is 1. The number of halogens is 4. The normalized spacial score (nSPS) is 24.3. The summed E-state index contributed by atoms with van der Waals surface area (Å²) in [6.07, 6.45) is -2.17. The van der Waals surface area contributed by atoms with Crippen molar-refractivity contribution in [1.29, 1.82) is 0 Å². The zero-order chi connectivity index (χ0) is 17.5. The number of nitrogens with one attached hydrogen (secondary N) is 1. The van der Waals surface area contributed by atoms with Gasteiger partial charge in [0.05, 0.1) is 16.1 Å². The lowest BCUT2D eigenvalue weighted by Crippen LogP contribution is -2.60. The Bertz CT molecular complexity index is 692. The molecule has 0 aliphatic carbocycles. The molecule has 4 nitrogen and oxygen atoms in total. The third-order valence-corrected chi connectivity index (χ3v) is 5.06. The van der Waals surface area contributed by atoms with Crippen LogP contribution in [0.1, 0.15) is 41.6 Å². The second-order valence-electron chi connectivity index (χ2n) is 6.14. The van der Waals surface area contributed by atoms with E-state index < -0.39 is 23.2 Å². The van der Waals surface area contributed by atoms with Gasteiger partial charge in [-0.05, 0) is 43.9 Å². The van der Waals surface area contributed by atoms with Gasteiger partial charge in [0.15, 0.2) is 0 Å². The van der Waals surface area contributed by atoms with Crippen LogP contribution >= 0.6 is 11.6 Å². The first-order valence-electron chi connectivity index (χ1n) is 7.73. The summed E-state index contributed by atoms with van der Waals surface area (Å²) in [4.78, 5) is 26.6. The second kappa shape index (κ2) is 5.95. The van der Waals surface area contributed by atoms with E-state index in [1.807, 2.05) is 0 Å². The first-order chi connectivity index (χ1) is 11.3. The van der Waals surface area contributed by atoms with E-state index in [1.165, 1.54) is 4.90 Å². The first-order valence-corrected chi connectivity index (χ1v) is 8.10. The quantitative estimate of drug-likeness (QED) is 0.835. The minimum Gasteiger partial charge on any atom is -0.354 e. The maximum atomic E-state index is 12.9. The molecular formula is C16H16ClF3N2O2. The maximum absolute atomic E-state index is 12.9. The largest absolute Gasteiger partial charge is 0.416 e. The predicted octanol–water partition coefficient (Wildman–Crippen LogP) is 3.24. The summed E-state index contributed by atoms with van der Waals surface area (Å²) in [7, 11) is 0. The summed E-state index contributed by atoms with van der Waals surface area (Å²) in [6.45, 7) is 0.881. The van der Waals surface area contributed by atoms with Crippen molar-refractivity contribution >= 4 is 23.4 Å². The number of carbonyl (C=O) groups is 2. The molecule has 1 N–H and O–H groups in total. The predicted molar refractivity (Wildman–Crippen MR) is 81.7 cm³/mol. The molecular weight excluding hydrogens is 345 g/mol. The Labute approximate surface area is 142 Å². The Morgan fingerprint density at radius 3 is 2.62 bits per heavy atom. The molecule has 0 bridgehead atoms. The van der Waals surface area contributed by atoms with Crippen LogP contribution in [0.5, 0.6) is 0 Å². The molecule has 1 aromatic carbocycles. The second-order valence-corrected chi connectivity index (χ2v) is 6.55. The number of alkyl halides is 3. The zero-order valence-corrected chi connectivity index (χ0v) is 13.5. The number of amides is 2. The van der Waals surface area contributed by atoms with E-state index in [4.69, 9.17) is 11.6 Å². The molecule has 0 radical (unpaired) electrons. The van der Waals surface area contributed by atoms with Crippen molar-refractivity contribution in [1.82, 2.24) is 10.2 Å². The SMILES string of the molecule is O=C(c1cc(C(F)(F)F)ccc1Cl)N1CCCC12CCCNC2=O. The van der Waals surface area contributed by atoms with E-state index in [9.17, 15) is 22.8 Å². The average molecular weight is 361 g/mol. The summed E-state index contributed by atoms with van der Waals surface area (Å²) < 4.78 is 38.8. The van der Waals surface area contributed by atoms with Crippen LogP contribution in [0.3, 0.4) is 0 Å². The number of nitrogens with zero attached hydrogens (tertiary/aromatic N) is 1. The molecule has 2 aliphatic heterocycles. The third kappa shape index (κ3) is 2.75.